The van der Waals surface area contributed by atoms with Gasteiger partial charge in [-0.2, -0.15) is 0 Å². The molecule has 0 fully saturated rings. The maximum atomic E-state index is 13.2. The summed E-state index contributed by atoms with van der Waals surface area (Å²) in [5.74, 6) is 0.766. The van der Waals surface area contributed by atoms with Crippen LogP contribution in [0.15, 0.2) is 53.7 Å². The molecule has 0 saturated heterocycles. The molecule has 0 unspecified atom stereocenters. The summed E-state index contributed by atoms with van der Waals surface area (Å²) < 4.78 is 0. The molecule has 4 rings (SSSR count). The van der Waals surface area contributed by atoms with Gasteiger partial charge in [-0.05, 0) is 38.1 Å². The first-order valence-electron chi connectivity index (χ1n) is 9.91. The monoisotopic (exact) mass is 421 g/mol. The number of nitrogens with one attached hydrogen (secondary N) is 2. The van der Waals surface area contributed by atoms with E-state index in [4.69, 9.17) is 0 Å². The summed E-state index contributed by atoms with van der Waals surface area (Å²) in [6.45, 7) is 4.65. The van der Waals surface area contributed by atoms with Crippen LogP contribution in [0.5, 0.6) is 0 Å². The van der Waals surface area contributed by atoms with Crippen molar-refractivity contribution in [1.29, 1.82) is 0 Å². The van der Waals surface area contributed by atoms with Crippen LogP contribution in [0.1, 0.15) is 20.3 Å². The van der Waals surface area contributed by atoms with Crippen molar-refractivity contribution in [2.75, 3.05) is 27.8 Å². The van der Waals surface area contributed by atoms with E-state index in [0.29, 0.717) is 16.5 Å². The first-order valence-corrected chi connectivity index (χ1v) is 10.9. The lowest BCUT2D eigenvalue weighted by Crippen LogP contribution is -2.40. The smallest absolute Gasteiger partial charge is 0.237 e. The molecule has 2 heterocycles. The predicted octanol–water partition coefficient (Wildman–Crippen LogP) is 3.92. The maximum Gasteiger partial charge on any atom is 0.237 e. The van der Waals surface area contributed by atoms with Crippen molar-refractivity contribution >= 4 is 51.7 Å². The SMILES string of the molecule is CCNc1nc(SCC(=O)N2c3ccccc3NC(=O)C[C@@H]2C)nc2ccccc12. The van der Waals surface area contributed by atoms with Crippen LogP contribution in [0.2, 0.25) is 0 Å². The highest BCUT2D eigenvalue weighted by molar-refractivity contribution is 7.99. The zero-order valence-electron chi connectivity index (χ0n) is 16.9. The van der Waals surface area contributed by atoms with Crippen LogP contribution >= 0.6 is 11.8 Å². The van der Waals surface area contributed by atoms with Gasteiger partial charge in [0.15, 0.2) is 5.16 Å². The molecule has 0 spiro atoms. The molecule has 0 bridgehead atoms. The fourth-order valence-corrected chi connectivity index (χ4v) is 4.30. The van der Waals surface area contributed by atoms with Gasteiger partial charge in [-0.15, -0.1) is 0 Å². The Kier molecular flexibility index (Phi) is 5.85. The highest BCUT2D eigenvalue weighted by Crippen LogP contribution is 2.32. The lowest BCUT2D eigenvalue weighted by atomic mass is 10.2. The van der Waals surface area contributed by atoms with Gasteiger partial charge in [-0.25, -0.2) is 9.97 Å². The number of amides is 2. The van der Waals surface area contributed by atoms with Crippen molar-refractivity contribution in [1.82, 2.24) is 9.97 Å². The number of fused-ring (bicyclic) bond motifs is 2. The molecule has 1 aromatic heterocycles. The van der Waals surface area contributed by atoms with E-state index in [2.05, 4.69) is 20.6 Å². The lowest BCUT2D eigenvalue weighted by Gasteiger charge is -2.27. The second-order valence-corrected chi connectivity index (χ2v) is 8.02. The van der Waals surface area contributed by atoms with Gasteiger partial charge in [0.25, 0.3) is 0 Å². The van der Waals surface area contributed by atoms with E-state index in [9.17, 15) is 9.59 Å². The third-order valence-electron chi connectivity index (χ3n) is 4.88. The second kappa shape index (κ2) is 8.71. The van der Waals surface area contributed by atoms with E-state index >= 15 is 0 Å². The standard InChI is InChI=1S/C22H23N5O2S/c1-3-23-21-15-8-4-5-9-16(15)25-22(26-21)30-13-20(29)27-14(2)12-19(28)24-17-10-6-7-11-18(17)27/h4-11,14H,3,12-13H2,1-2H3,(H,24,28)(H,23,25,26)/t14-/m0/s1. The molecule has 1 atom stereocenters. The van der Waals surface area contributed by atoms with Crippen LogP contribution in [-0.2, 0) is 9.59 Å². The Hall–Kier alpha value is -3.13. The molecule has 7 nitrogen and oxygen atoms in total. The molecule has 0 saturated carbocycles. The highest BCUT2D eigenvalue weighted by atomic mass is 32.2. The third kappa shape index (κ3) is 4.09. The van der Waals surface area contributed by atoms with Crippen molar-refractivity contribution in [3.8, 4) is 0 Å². The summed E-state index contributed by atoms with van der Waals surface area (Å²) in [5, 5.41) is 7.65. The summed E-state index contributed by atoms with van der Waals surface area (Å²) in [4.78, 5) is 36.2. The lowest BCUT2D eigenvalue weighted by molar-refractivity contribution is -0.117. The molecular formula is C22H23N5O2S. The molecule has 2 amide bonds. The fourth-order valence-electron chi connectivity index (χ4n) is 3.59. The van der Waals surface area contributed by atoms with E-state index in [1.54, 1.807) is 4.90 Å². The molecule has 154 valence electrons. The van der Waals surface area contributed by atoms with E-state index in [0.717, 1.165) is 23.3 Å². The average Bonchev–Trinajstić information content (AvgIpc) is 2.86. The number of thioether (sulfide) groups is 1. The van der Waals surface area contributed by atoms with Crippen molar-refractivity contribution < 1.29 is 9.59 Å². The first-order chi connectivity index (χ1) is 14.6. The molecule has 1 aliphatic rings. The van der Waals surface area contributed by atoms with Crippen molar-refractivity contribution in [2.45, 2.75) is 31.5 Å². The number of hydrogen-bond acceptors (Lipinski definition) is 6. The van der Waals surface area contributed by atoms with E-state index in [1.165, 1.54) is 11.8 Å². The van der Waals surface area contributed by atoms with E-state index in [1.807, 2.05) is 62.4 Å². The van der Waals surface area contributed by atoms with E-state index in [-0.39, 0.29) is 30.0 Å². The topological polar surface area (TPSA) is 87.2 Å². The number of nitrogens with zero attached hydrogens (tertiary/aromatic N) is 3. The molecule has 1 aliphatic heterocycles. The van der Waals surface area contributed by atoms with Crippen LogP contribution in [0.25, 0.3) is 10.9 Å². The zero-order chi connectivity index (χ0) is 21.1. The van der Waals surface area contributed by atoms with Crippen molar-refractivity contribution in [3.63, 3.8) is 0 Å². The van der Waals surface area contributed by atoms with Gasteiger partial charge >= 0.3 is 0 Å². The van der Waals surface area contributed by atoms with E-state index < -0.39 is 0 Å². The highest BCUT2D eigenvalue weighted by Gasteiger charge is 2.29. The van der Waals surface area contributed by atoms with Gasteiger partial charge < -0.3 is 15.5 Å². The minimum absolute atomic E-state index is 0.0850. The third-order valence-corrected chi connectivity index (χ3v) is 5.71. The van der Waals surface area contributed by atoms with Crippen molar-refractivity contribution in [3.05, 3.63) is 48.5 Å². The minimum atomic E-state index is -0.239. The van der Waals surface area contributed by atoms with Crippen LogP contribution in [0.3, 0.4) is 0 Å². The fraction of sp³-hybridized carbons (Fsp3) is 0.273. The molecular weight excluding hydrogens is 398 g/mol. The minimum Gasteiger partial charge on any atom is -0.370 e. The Labute approximate surface area is 179 Å². The van der Waals surface area contributed by atoms with Gasteiger partial charge in [0.05, 0.1) is 22.6 Å². The number of para-hydroxylation sites is 3. The average molecular weight is 422 g/mol. The van der Waals surface area contributed by atoms with Crippen LogP contribution in [0, 0.1) is 0 Å². The largest absolute Gasteiger partial charge is 0.370 e. The van der Waals surface area contributed by atoms with Crippen LogP contribution in [0.4, 0.5) is 17.2 Å². The Bertz CT molecular complexity index is 1100. The maximum absolute atomic E-state index is 13.2. The number of carbonyl (C=O) groups excluding carboxylic acids is 2. The summed E-state index contributed by atoms with van der Waals surface area (Å²) >= 11 is 1.30. The first kappa shape index (κ1) is 20.2. The molecule has 0 radical (unpaired) electrons. The Balaban J connectivity index is 1.58. The number of anilines is 3. The van der Waals surface area contributed by atoms with Gasteiger partial charge in [0.1, 0.15) is 5.82 Å². The number of aromatic nitrogens is 2. The Morgan fingerprint density at radius 3 is 2.80 bits per heavy atom. The van der Waals surface area contributed by atoms with Crippen molar-refractivity contribution in [2.24, 2.45) is 0 Å². The second-order valence-electron chi connectivity index (χ2n) is 7.07. The molecule has 30 heavy (non-hydrogen) atoms. The van der Waals surface area contributed by atoms with Gasteiger partial charge in [-0.3, -0.25) is 9.59 Å². The summed E-state index contributed by atoms with van der Waals surface area (Å²) in [6, 6.07) is 14.9. The predicted molar refractivity (Wildman–Crippen MR) is 121 cm³/mol. The number of rotatable bonds is 5. The van der Waals surface area contributed by atoms with Gasteiger partial charge in [0.2, 0.25) is 11.8 Å². The molecule has 8 heteroatoms. The normalized spacial score (nSPS) is 16.0. The number of carbonyl (C=O) groups is 2. The molecule has 2 N–H and O–H groups in total. The van der Waals surface area contributed by atoms with Gasteiger partial charge in [-0.1, -0.05) is 36.0 Å². The molecule has 0 aliphatic carbocycles. The van der Waals surface area contributed by atoms with Gasteiger partial charge in [0, 0.05) is 24.4 Å². The number of hydrogen-bond donors (Lipinski definition) is 2. The Morgan fingerprint density at radius 2 is 1.97 bits per heavy atom. The number of benzene rings is 2. The molecule has 2 aromatic carbocycles. The summed E-state index contributed by atoms with van der Waals surface area (Å²) in [6.07, 6.45) is 0.252. The Morgan fingerprint density at radius 1 is 1.20 bits per heavy atom. The van der Waals surface area contributed by atoms with Crippen LogP contribution in [-0.4, -0.2) is 40.1 Å². The summed E-state index contributed by atoms with van der Waals surface area (Å²) in [7, 11) is 0. The summed E-state index contributed by atoms with van der Waals surface area (Å²) in [5.41, 5.74) is 2.21. The van der Waals surface area contributed by atoms with Crippen LogP contribution < -0.4 is 15.5 Å². The molecule has 3 aromatic rings. The zero-order valence-corrected chi connectivity index (χ0v) is 17.7. The quantitative estimate of drug-likeness (QED) is 0.480.